The molecule has 10 heteroatoms. The molecule has 0 fully saturated rings. The lowest BCUT2D eigenvalue weighted by molar-refractivity contribution is 0.397. The van der Waals surface area contributed by atoms with E-state index in [0.717, 1.165) is 17.4 Å². The first-order valence-corrected chi connectivity index (χ1v) is 10.6. The van der Waals surface area contributed by atoms with E-state index in [4.69, 9.17) is 4.74 Å². The first kappa shape index (κ1) is 18.8. The molecule has 0 aliphatic carbocycles. The Morgan fingerprint density at radius 2 is 2.03 bits per heavy atom. The van der Waals surface area contributed by atoms with Crippen LogP contribution in [0.15, 0.2) is 55.0 Å². The van der Waals surface area contributed by atoms with Gasteiger partial charge in [-0.15, -0.1) is 0 Å². The minimum absolute atomic E-state index is 0.456. The SMILES string of the molecule is COc1ccc(Cc2nc3c(-c4cccc(NS(C)(=O)=O)c4)nccn3n2)cn1. The lowest BCUT2D eigenvalue weighted by Crippen LogP contribution is -2.09. The lowest BCUT2D eigenvalue weighted by Gasteiger charge is -2.06. The molecule has 0 atom stereocenters. The average Bonchev–Trinajstić information content (AvgIpc) is 3.10. The molecular formula is C19H18N6O3S. The quantitative estimate of drug-likeness (QED) is 0.518. The maximum Gasteiger partial charge on any atom is 0.229 e. The van der Waals surface area contributed by atoms with E-state index < -0.39 is 10.0 Å². The average molecular weight is 410 g/mol. The summed E-state index contributed by atoms with van der Waals surface area (Å²) in [4.78, 5) is 13.2. The molecule has 0 saturated carbocycles. The summed E-state index contributed by atoms with van der Waals surface area (Å²) in [5.41, 5.74) is 3.33. The van der Waals surface area contributed by atoms with E-state index in [1.165, 1.54) is 0 Å². The predicted octanol–water partition coefficient (Wildman–Crippen LogP) is 2.16. The molecule has 0 aliphatic heterocycles. The number of pyridine rings is 1. The Morgan fingerprint density at radius 1 is 1.17 bits per heavy atom. The van der Waals surface area contributed by atoms with Crippen molar-refractivity contribution >= 4 is 21.4 Å². The highest BCUT2D eigenvalue weighted by Crippen LogP contribution is 2.24. The van der Waals surface area contributed by atoms with Crippen LogP contribution < -0.4 is 9.46 Å². The maximum atomic E-state index is 11.5. The summed E-state index contributed by atoms with van der Waals surface area (Å²) in [7, 11) is -1.80. The van der Waals surface area contributed by atoms with Gasteiger partial charge in [-0.05, 0) is 17.7 Å². The van der Waals surface area contributed by atoms with E-state index in [1.807, 2.05) is 12.1 Å². The minimum Gasteiger partial charge on any atom is -0.481 e. The van der Waals surface area contributed by atoms with Crippen LogP contribution in [0.5, 0.6) is 5.88 Å². The molecule has 4 aromatic rings. The number of ether oxygens (including phenoxy) is 1. The van der Waals surface area contributed by atoms with Crippen molar-refractivity contribution in [2.45, 2.75) is 6.42 Å². The van der Waals surface area contributed by atoms with Gasteiger partial charge in [-0.3, -0.25) is 9.71 Å². The van der Waals surface area contributed by atoms with Crippen LogP contribution in [0.4, 0.5) is 5.69 Å². The standard InChI is InChI=1S/C19H18N6O3S/c1-28-17-7-6-13(12-21-17)10-16-22-19-18(20-8-9-25(19)23-16)14-4-3-5-15(11-14)24-29(2,26)27/h3-9,11-12,24H,10H2,1-2H3. The van der Waals surface area contributed by atoms with Gasteiger partial charge in [0.25, 0.3) is 0 Å². The normalized spacial score (nSPS) is 11.5. The summed E-state index contributed by atoms with van der Waals surface area (Å²) in [6.07, 6.45) is 6.70. The molecule has 3 aromatic heterocycles. The third kappa shape index (κ3) is 4.32. The Labute approximate surface area is 167 Å². The minimum atomic E-state index is -3.37. The first-order valence-electron chi connectivity index (χ1n) is 8.69. The number of hydrogen-bond donors (Lipinski definition) is 1. The van der Waals surface area contributed by atoms with E-state index in [0.29, 0.717) is 35.2 Å². The highest BCUT2D eigenvalue weighted by atomic mass is 32.2. The van der Waals surface area contributed by atoms with Crippen molar-refractivity contribution in [2.75, 3.05) is 18.1 Å². The van der Waals surface area contributed by atoms with Crippen molar-refractivity contribution in [3.05, 3.63) is 66.4 Å². The van der Waals surface area contributed by atoms with Crippen molar-refractivity contribution in [3.63, 3.8) is 0 Å². The molecular weight excluding hydrogens is 392 g/mol. The number of anilines is 1. The molecule has 0 aliphatic rings. The fourth-order valence-electron chi connectivity index (χ4n) is 2.90. The van der Waals surface area contributed by atoms with Gasteiger partial charge in [0.1, 0.15) is 5.69 Å². The second kappa shape index (κ2) is 7.47. The Bertz CT molecular complexity index is 1270. The Kier molecular flexibility index (Phi) is 4.85. The Morgan fingerprint density at radius 3 is 2.76 bits per heavy atom. The summed E-state index contributed by atoms with van der Waals surface area (Å²) in [6, 6.07) is 10.7. The molecule has 9 nitrogen and oxygen atoms in total. The van der Waals surface area contributed by atoms with Crippen LogP contribution in [-0.2, 0) is 16.4 Å². The Balaban J connectivity index is 1.68. The summed E-state index contributed by atoms with van der Waals surface area (Å²) in [5.74, 6) is 1.17. The zero-order chi connectivity index (χ0) is 20.4. The largest absolute Gasteiger partial charge is 0.481 e. The van der Waals surface area contributed by atoms with Gasteiger partial charge in [-0.25, -0.2) is 22.9 Å². The number of nitrogens with one attached hydrogen (secondary N) is 1. The van der Waals surface area contributed by atoms with Crippen molar-refractivity contribution in [1.82, 2.24) is 24.6 Å². The number of aromatic nitrogens is 5. The molecule has 0 amide bonds. The number of rotatable bonds is 6. The van der Waals surface area contributed by atoms with Gasteiger partial charge in [0.15, 0.2) is 11.5 Å². The molecule has 0 radical (unpaired) electrons. The van der Waals surface area contributed by atoms with Crippen LogP contribution in [0, 0.1) is 0 Å². The third-order valence-corrected chi connectivity index (χ3v) is 4.71. The first-order chi connectivity index (χ1) is 13.9. The van der Waals surface area contributed by atoms with Crippen LogP contribution in [-0.4, -0.2) is 46.3 Å². The van der Waals surface area contributed by atoms with Gasteiger partial charge in [-0.2, -0.15) is 5.10 Å². The monoisotopic (exact) mass is 410 g/mol. The van der Waals surface area contributed by atoms with E-state index >= 15 is 0 Å². The molecule has 4 rings (SSSR count). The highest BCUT2D eigenvalue weighted by molar-refractivity contribution is 7.92. The van der Waals surface area contributed by atoms with Crippen molar-refractivity contribution in [2.24, 2.45) is 0 Å². The second-order valence-electron chi connectivity index (χ2n) is 6.41. The molecule has 0 saturated heterocycles. The topological polar surface area (TPSA) is 111 Å². The molecule has 0 unspecified atom stereocenters. The van der Waals surface area contributed by atoms with Crippen LogP contribution in [0.1, 0.15) is 11.4 Å². The van der Waals surface area contributed by atoms with Crippen LogP contribution in [0.25, 0.3) is 16.9 Å². The number of fused-ring (bicyclic) bond motifs is 1. The molecule has 1 N–H and O–H groups in total. The number of methoxy groups -OCH3 is 1. The highest BCUT2D eigenvalue weighted by Gasteiger charge is 2.13. The zero-order valence-corrected chi connectivity index (χ0v) is 16.6. The summed E-state index contributed by atoms with van der Waals surface area (Å²) >= 11 is 0. The van der Waals surface area contributed by atoms with Crippen LogP contribution >= 0.6 is 0 Å². The fraction of sp³-hybridized carbons (Fsp3) is 0.158. The molecule has 29 heavy (non-hydrogen) atoms. The van der Waals surface area contributed by atoms with E-state index in [9.17, 15) is 8.42 Å². The lowest BCUT2D eigenvalue weighted by atomic mass is 10.1. The van der Waals surface area contributed by atoms with Gasteiger partial charge in [0.05, 0.1) is 13.4 Å². The van der Waals surface area contributed by atoms with Crippen LogP contribution in [0.2, 0.25) is 0 Å². The smallest absolute Gasteiger partial charge is 0.229 e. The predicted molar refractivity (Wildman–Crippen MR) is 108 cm³/mol. The zero-order valence-electron chi connectivity index (χ0n) is 15.8. The number of sulfonamides is 1. The third-order valence-electron chi connectivity index (χ3n) is 4.11. The molecule has 0 bridgehead atoms. The number of hydrogen-bond acceptors (Lipinski definition) is 7. The molecule has 3 heterocycles. The van der Waals surface area contributed by atoms with Gasteiger partial charge in [0.2, 0.25) is 15.9 Å². The van der Waals surface area contributed by atoms with E-state index in [-0.39, 0.29) is 0 Å². The molecule has 1 aromatic carbocycles. The van der Waals surface area contributed by atoms with E-state index in [1.54, 1.807) is 54.5 Å². The second-order valence-corrected chi connectivity index (χ2v) is 8.16. The fourth-order valence-corrected chi connectivity index (χ4v) is 3.46. The van der Waals surface area contributed by atoms with Gasteiger partial charge in [-0.1, -0.05) is 18.2 Å². The van der Waals surface area contributed by atoms with Gasteiger partial charge in [0, 0.05) is 42.3 Å². The molecule has 0 spiro atoms. The Hall–Kier alpha value is -3.53. The summed E-state index contributed by atoms with van der Waals surface area (Å²) < 4.78 is 32.2. The van der Waals surface area contributed by atoms with Gasteiger partial charge >= 0.3 is 0 Å². The van der Waals surface area contributed by atoms with E-state index in [2.05, 4.69) is 24.8 Å². The summed E-state index contributed by atoms with van der Waals surface area (Å²) in [6.45, 7) is 0. The summed E-state index contributed by atoms with van der Waals surface area (Å²) in [5, 5.41) is 4.51. The van der Waals surface area contributed by atoms with Crippen molar-refractivity contribution in [3.8, 4) is 17.1 Å². The molecule has 148 valence electrons. The number of benzene rings is 1. The maximum absolute atomic E-state index is 11.5. The number of nitrogens with zero attached hydrogens (tertiary/aromatic N) is 5. The van der Waals surface area contributed by atoms with Crippen molar-refractivity contribution < 1.29 is 13.2 Å². The van der Waals surface area contributed by atoms with Crippen molar-refractivity contribution in [1.29, 1.82) is 0 Å². The van der Waals surface area contributed by atoms with Crippen LogP contribution in [0.3, 0.4) is 0 Å². The van der Waals surface area contributed by atoms with Gasteiger partial charge < -0.3 is 4.74 Å².